The molecule has 0 spiro atoms. The van der Waals surface area contributed by atoms with Crippen LogP contribution in [0.2, 0.25) is 0 Å². The van der Waals surface area contributed by atoms with Gasteiger partial charge in [-0.2, -0.15) is 0 Å². The minimum Gasteiger partial charge on any atom is -0.481 e. The highest BCUT2D eigenvalue weighted by molar-refractivity contribution is 5.91. The van der Waals surface area contributed by atoms with E-state index in [9.17, 15) is 14.4 Å². The summed E-state index contributed by atoms with van der Waals surface area (Å²) in [7, 11) is 0. The molecular formula is C13H22N2O4. The van der Waals surface area contributed by atoms with Gasteiger partial charge in [-0.25, -0.2) is 0 Å². The quantitative estimate of drug-likeness (QED) is 0.684. The van der Waals surface area contributed by atoms with Crippen molar-refractivity contribution in [1.29, 1.82) is 0 Å². The molecule has 3 N–H and O–H groups in total. The van der Waals surface area contributed by atoms with Crippen LogP contribution < -0.4 is 10.6 Å². The van der Waals surface area contributed by atoms with E-state index in [1.165, 1.54) is 0 Å². The third-order valence-corrected chi connectivity index (χ3v) is 2.94. The molecule has 1 fully saturated rings. The first-order valence-electron chi connectivity index (χ1n) is 6.49. The lowest BCUT2D eigenvalue weighted by molar-refractivity contribution is -0.138. The Labute approximate surface area is 112 Å². The summed E-state index contributed by atoms with van der Waals surface area (Å²) in [5.41, 5.74) is -0.0771. The molecule has 0 aromatic carbocycles. The summed E-state index contributed by atoms with van der Waals surface area (Å²) in [4.78, 5) is 33.8. The van der Waals surface area contributed by atoms with Gasteiger partial charge in [-0.3, -0.25) is 14.4 Å². The van der Waals surface area contributed by atoms with Gasteiger partial charge in [0.1, 0.15) is 6.04 Å². The molecule has 2 unspecified atom stereocenters. The molecule has 108 valence electrons. The average Bonchev–Trinajstić information content (AvgIpc) is 2.60. The first-order chi connectivity index (χ1) is 8.67. The van der Waals surface area contributed by atoms with Crippen LogP contribution in [0.1, 0.15) is 46.5 Å². The van der Waals surface area contributed by atoms with Crippen LogP contribution in [0, 0.1) is 5.41 Å². The van der Waals surface area contributed by atoms with E-state index >= 15 is 0 Å². The molecule has 6 heteroatoms. The predicted octanol–water partition coefficient (Wildman–Crippen LogP) is 0.661. The van der Waals surface area contributed by atoms with Crippen LogP contribution in [0.15, 0.2) is 0 Å². The van der Waals surface area contributed by atoms with Crippen molar-refractivity contribution in [2.45, 2.75) is 58.5 Å². The molecule has 6 nitrogen and oxygen atoms in total. The van der Waals surface area contributed by atoms with E-state index in [4.69, 9.17) is 5.11 Å². The summed E-state index contributed by atoms with van der Waals surface area (Å²) in [5.74, 6) is -1.36. The van der Waals surface area contributed by atoms with Crippen molar-refractivity contribution in [3.63, 3.8) is 0 Å². The summed E-state index contributed by atoms with van der Waals surface area (Å²) in [6.45, 7) is 5.97. The Kier molecular flexibility index (Phi) is 4.91. The van der Waals surface area contributed by atoms with Gasteiger partial charge in [0.05, 0.1) is 6.42 Å². The van der Waals surface area contributed by atoms with Crippen molar-refractivity contribution < 1.29 is 19.5 Å². The maximum atomic E-state index is 11.9. The van der Waals surface area contributed by atoms with Crippen LogP contribution in [0.25, 0.3) is 0 Å². The second kappa shape index (κ2) is 6.04. The van der Waals surface area contributed by atoms with Gasteiger partial charge >= 0.3 is 5.97 Å². The highest BCUT2D eigenvalue weighted by Crippen LogP contribution is 2.22. The third-order valence-electron chi connectivity index (χ3n) is 2.94. The molecule has 0 saturated carbocycles. The average molecular weight is 270 g/mol. The zero-order valence-electron chi connectivity index (χ0n) is 11.7. The number of carbonyl (C=O) groups excluding carboxylic acids is 2. The van der Waals surface area contributed by atoms with Crippen LogP contribution >= 0.6 is 0 Å². The molecule has 1 aliphatic rings. The second-order valence-electron chi connectivity index (χ2n) is 6.23. The Morgan fingerprint density at radius 2 is 2.11 bits per heavy atom. The van der Waals surface area contributed by atoms with E-state index < -0.39 is 18.1 Å². The maximum Gasteiger partial charge on any atom is 0.305 e. The molecule has 0 aliphatic carbocycles. The number of amides is 2. The number of hydrogen-bond acceptors (Lipinski definition) is 3. The summed E-state index contributed by atoms with van der Waals surface area (Å²) >= 11 is 0. The molecule has 2 atom stereocenters. The van der Waals surface area contributed by atoms with Gasteiger partial charge in [0.2, 0.25) is 11.8 Å². The molecule has 0 bridgehead atoms. The van der Waals surface area contributed by atoms with Crippen LogP contribution in [0.4, 0.5) is 0 Å². The summed E-state index contributed by atoms with van der Waals surface area (Å²) < 4.78 is 0. The second-order valence-corrected chi connectivity index (χ2v) is 6.23. The number of rotatable bonds is 5. The normalized spacial score (nSPS) is 20.8. The van der Waals surface area contributed by atoms with E-state index in [1.807, 2.05) is 20.8 Å². The van der Waals surface area contributed by atoms with E-state index in [-0.39, 0.29) is 23.7 Å². The number of carbonyl (C=O) groups is 3. The predicted molar refractivity (Wildman–Crippen MR) is 69.4 cm³/mol. The summed E-state index contributed by atoms with van der Waals surface area (Å²) in [5, 5.41) is 14.2. The van der Waals surface area contributed by atoms with Crippen molar-refractivity contribution in [3.8, 4) is 0 Å². The van der Waals surface area contributed by atoms with Crippen molar-refractivity contribution in [1.82, 2.24) is 10.6 Å². The lowest BCUT2D eigenvalue weighted by Crippen LogP contribution is -2.47. The van der Waals surface area contributed by atoms with E-state index in [1.54, 1.807) is 0 Å². The van der Waals surface area contributed by atoms with E-state index in [2.05, 4.69) is 10.6 Å². The Morgan fingerprint density at radius 1 is 1.47 bits per heavy atom. The molecule has 0 aromatic rings. The van der Waals surface area contributed by atoms with Crippen LogP contribution in [0.3, 0.4) is 0 Å². The molecule has 1 aliphatic heterocycles. The Morgan fingerprint density at radius 3 is 2.53 bits per heavy atom. The minimum atomic E-state index is -0.940. The molecule has 1 saturated heterocycles. The smallest absolute Gasteiger partial charge is 0.305 e. The van der Waals surface area contributed by atoms with Gasteiger partial charge in [-0.15, -0.1) is 0 Å². The van der Waals surface area contributed by atoms with Gasteiger partial charge in [0.25, 0.3) is 0 Å². The first-order valence-corrected chi connectivity index (χ1v) is 6.49. The van der Waals surface area contributed by atoms with Gasteiger partial charge < -0.3 is 15.7 Å². The van der Waals surface area contributed by atoms with Crippen LogP contribution in [-0.4, -0.2) is 35.0 Å². The molecule has 0 aromatic heterocycles. The molecule has 0 radical (unpaired) electrons. The molecule has 1 rings (SSSR count). The fourth-order valence-corrected chi connectivity index (χ4v) is 2.24. The largest absolute Gasteiger partial charge is 0.481 e. The maximum absolute atomic E-state index is 11.9. The zero-order valence-corrected chi connectivity index (χ0v) is 11.7. The SMILES string of the molecule is CC(C)(C)CC(CC(=O)O)NC(=O)C1CCC(=O)N1. The number of carboxylic acid groups (broad SMARTS) is 1. The number of nitrogens with one attached hydrogen (secondary N) is 2. The lowest BCUT2D eigenvalue weighted by Gasteiger charge is -2.26. The highest BCUT2D eigenvalue weighted by Gasteiger charge is 2.30. The fourth-order valence-electron chi connectivity index (χ4n) is 2.24. The van der Waals surface area contributed by atoms with E-state index in [0.717, 1.165) is 0 Å². The standard InChI is InChI=1S/C13H22N2O4/c1-13(2,3)7-8(6-11(17)18)14-12(19)9-4-5-10(16)15-9/h8-9H,4-7H2,1-3H3,(H,14,19)(H,15,16)(H,17,18). The number of aliphatic carboxylic acids is 1. The number of carboxylic acids is 1. The van der Waals surface area contributed by atoms with Crippen molar-refractivity contribution >= 4 is 17.8 Å². The van der Waals surface area contributed by atoms with Gasteiger partial charge in [0.15, 0.2) is 0 Å². The van der Waals surface area contributed by atoms with Gasteiger partial charge in [0, 0.05) is 12.5 Å². The molecule has 2 amide bonds. The van der Waals surface area contributed by atoms with Gasteiger partial charge in [-0.05, 0) is 18.3 Å². The van der Waals surface area contributed by atoms with E-state index in [0.29, 0.717) is 19.3 Å². The Hall–Kier alpha value is -1.59. The van der Waals surface area contributed by atoms with Crippen molar-refractivity contribution in [3.05, 3.63) is 0 Å². The zero-order chi connectivity index (χ0) is 14.6. The van der Waals surface area contributed by atoms with Gasteiger partial charge in [-0.1, -0.05) is 20.8 Å². The minimum absolute atomic E-state index is 0.0771. The topological polar surface area (TPSA) is 95.5 Å². The highest BCUT2D eigenvalue weighted by atomic mass is 16.4. The molecule has 1 heterocycles. The third kappa shape index (κ3) is 5.72. The molecular weight excluding hydrogens is 248 g/mol. The Bertz CT molecular complexity index is 373. The summed E-state index contributed by atoms with van der Waals surface area (Å²) in [6, 6.07) is -0.939. The number of hydrogen-bond donors (Lipinski definition) is 3. The Balaban J connectivity index is 2.58. The summed E-state index contributed by atoms with van der Waals surface area (Å²) in [6.07, 6.45) is 1.29. The first kappa shape index (κ1) is 15.5. The fraction of sp³-hybridized carbons (Fsp3) is 0.769. The monoisotopic (exact) mass is 270 g/mol. The lowest BCUT2D eigenvalue weighted by atomic mass is 9.87. The van der Waals surface area contributed by atoms with Crippen LogP contribution in [-0.2, 0) is 14.4 Å². The van der Waals surface area contributed by atoms with Crippen molar-refractivity contribution in [2.75, 3.05) is 0 Å². The van der Waals surface area contributed by atoms with Crippen molar-refractivity contribution in [2.24, 2.45) is 5.41 Å². The molecule has 19 heavy (non-hydrogen) atoms. The van der Waals surface area contributed by atoms with Crippen LogP contribution in [0.5, 0.6) is 0 Å².